The van der Waals surface area contributed by atoms with Crippen LogP contribution in [0, 0.1) is 0 Å². The van der Waals surface area contributed by atoms with Gasteiger partial charge in [-0.15, -0.1) is 11.3 Å². The van der Waals surface area contributed by atoms with Gasteiger partial charge in [-0.2, -0.15) is 0 Å². The quantitative estimate of drug-likeness (QED) is 0.804. The molecular formula is C8H8ClN3S. The smallest absolute Gasteiger partial charge is 0.128 e. The van der Waals surface area contributed by atoms with Gasteiger partial charge in [0.1, 0.15) is 5.82 Å². The van der Waals surface area contributed by atoms with Crippen LogP contribution in [0.25, 0.3) is 0 Å². The lowest BCUT2D eigenvalue weighted by Gasteiger charge is -2.04. The highest BCUT2D eigenvalue weighted by molar-refractivity contribution is 7.16. The minimum Gasteiger partial charge on any atom is -0.347 e. The van der Waals surface area contributed by atoms with Crippen molar-refractivity contribution in [3.63, 3.8) is 0 Å². The molecule has 0 spiro atoms. The molecule has 0 fully saturated rings. The van der Waals surface area contributed by atoms with E-state index < -0.39 is 0 Å². The normalized spacial score (nSPS) is 13.1. The van der Waals surface area contributed by atoms with Crippen LogP contribution in [-0.4, -0.2) is 9.97 Å². The zero-order valence-electron chi connectivity index (χ0n) is 6.70. The van der Waals surface area contributed by atoms with Gasteiger partial charge in [0.15, 0.2) is 0 Å². The van der Waals surface area contributed by atoms with Gasteiger partial charge in [-0.3, -0.25) is 0 Å². The lowest BCUT2D eigenvalue weighted by Crippen LogP contribution is -2.11. The lowest BCUT2D eigenvalue weighted by molar-refractivity contribution is 0.817. The molecule has 0 saturated heterocycles. The number of aromatic amines is 1. The highest BCUT2D eigenvalue weighted by Gasteiger charge is 2.12. The molecule has 0 saturated carbocycles. The minimum atomic E-state index is -0.201. The number of thiophene rings is 1. The molecule has 0 aliphatic heterocycles. The van der Waals surface area contributed by atoms with E-state index in [1.165, 1.54) is 11.3 Å². The Kier molecular flexibility index (Phi) is 2.35. The Bertz CT molecular complexity index is 382. The fourth-order valence-electron chi connectivity index (χ4n) is 1.08. The average Bonchev–Trinajstić information content (AvgIpc) is 2.72. The van der Waals surface area contributed by atoms with Gasteiger partial charge in [-0.05, 0) is 12.1 Å². The van der Waals surface area contributed by atoms with Crippen LogP contribution in [0.3, 0.4) is 0 Å². The lowest BCUT2D eigenvalue weighted by atomic mass is 10.2. The third-order valence-electron chi connectivity index (χ3n) is 1.71. The van der Waals surface area contributed by atoms with Crippen LogP contribution >= 0.6 is 22.9 Å². The predicted molar refractivity (Wildman–Crippen MR) is 53.9 cm³/mol. The standard InChI is InChI=1S/C8H8ClN3S/c9-6-2-1-5(13-6)7(10)8-11-3-4-12-8/h1-4,7H,10H2,(H,11,12). The second-order valence-corrected chi connectivity index (χ2v) is 4.34. The van der Waals surface area contributed by atoms with Crippen molar-refractivity contribution < 1.29 is 0 Å². The molecule has 2 rings (SSSR count). The van der Waals surface area contributed by atoms with Crippen molar-refractivity contribution in [3.05, 3.63) is 39.6 Å². The fourth-order valence-corrected chi connectivity index (χ4v) is 2.14. The van der Waals surface area contributed by atoms with Crippen LogP contribution in [0.5, 0.6) is 0 Å². The van der Waals surface area contributed by atoms with E-state index in [4.69, 9.17) is 17.3 Å². The molecule has 0 aliphatic rings. The van der Waals surface area contributed by atoms with Gasteiger partial charge in [0.05, 0.1) is 10.4 Å². The van der Waals surface area contributed by atoms with E-state index in [9.17, 15) is 0 Å². The highest BCUT2D eigenvalue weighted by Crippen LogP contribution is 2.27. The molecule has 0 radical (unpaired) electrons. The zero-order chi connectivity index (χ0) is 9.26. The monoisotopic (exact) mass is 213 g/mol. The molecule has 2 aromatic heterocycles. The summed E-state index contributed by atoms with van der Waals surface area (Å²) in [5.41, 5.74) is 5.93. The number of hydrogen-bond donors (Lipinski definition) is 2. The molecule has 0 bridgehead atoms. The molecule has 5 heteroatoms. The second-order valence-electron chi connectivity index (χ2n) is 2.59. The molecule has 13 heavy (non-hydrogen) atoms. The number of nitrogens with one attached hydrogen (secondary N) is 1. The molecule has 68 valence electrons. The second kappa shape index (κ2) is 3.49. The SMILES string of the molecule is NC(c1ncc[nH]1)c1ccc(Cl)s1. The number of imidazole rings is 1. The van der Waals surface area contributed by atoms with Crippen molar-refractivity contribution >= 4 is 22.9 Å². The van der Waals surface area contributed by atoms with E-state index in [-0.39, 0.29) is 6.04 Å². The maximum absolute atomic E-state index is 5.93. The predicted octanol–water partition coefficient (Wildman–Crippen LogP) is 2.17. The summed E-state index contributed by atoms with van der Waals surface area (Å²) in [5.74, 6) is 0.763. The molecular weight excluding hydrogens is 206 g/mol. The summed E-state index contributed by atoms with van der Waals surface area (Å²) in [4.78, 5) is 8.07. The Hall–Kier alpha value is -0.840. The van der Waals surface area contributed by atoms with Crippen LogP contribution in [0.4, 0.5) is 0 Å². The van der Waals surface area contributed by atoms with Gasteiger partial charge in [0, 0.05) is 17.3 Å². The molecule has 0 aromatic carbocycles. The summed E-state index contributed by atoms with van der Waals surface area (Å²) in [6.07, 6.45) is 3.44. The number of halogens is 1. The minimum absolute atomic E-state index is 0.201. The summed E-state index contributed by atoms with van der Waals surface area (Å²) < 4.78 is 0.747. The Morgan fingerprint density at radius 3 is 2.92 bits per heavy atom. The molecule has 0 amide bonds. The van der Waals surface area contributed by atoms with Crippen LogP contribution in [-0.2, 0) is 0 Å². The average molecular weight is 214 g/mol. The third-order valence-corrected chi connectivity index (χ3v) is 3.03. The summed E-state index contributed by atoms with van der Waals surface area (Å²) in [5, 5.41) is 0. The molecule has 3 N–H and O–H groups in total. The molecule has 0 aliphatic carbocycles. The largest absolute Gasteiger partial charge is 0.347 e. The molecule has 3 nitrogen and oxygen atoms in total. The Morgan fingerprint density at radius 1 is 1.54 bits per heavy atom. The number of aromatic nitrogens is 2. The maximum Gasteiger partial charge on any atom is 0.128 e. The van der Waals surface area contributed by atoms with Gasteiger partial charge < -0.3 is 10.7 Å². The van der Waals surface area contributed by atoms with Gasteiger partial charge >= 0.3 is 0 Å². The van der Waals surface area contributed by atoms with E-state index in [1.54, 1.807) is 12.4 Å². The van der Waals surface area contributed by atoms with Crippen LogP contribution in [0.2, 0.25) is 4.34 Å². The first-order chi connectivity index (χ1) is 6.27. The van der Waals surface area contributed by atoms with Crippen molar-refractivity contribution in [1.82, 2.24) is 9.97 Å². The first kappa shape index (κ1) is 8.74. The van der Waals surface area contributed by atoms with E-state index in [0.717, 1.165) is 15.0 Å². The number of H-pyrrole nitrogens is 1. The number of rotatable bonds is 2. The summed E-state index contributed by atoms with van der Waals surface area (Å²) in [6, 6.07) is 3.55. The van der Waals surface area contributed by atoms with E-state index in [0.29, 0.717) is 0 Å². The van der Waals surface area contributed by atoms with E-state index in [1.807, 2.05) is 12.1 Å². The molecule has 2 aromatic rings. The maximum atomic E-state index is 5.93. The van der Waals surface area contributed by atoms with Crippen LogP contribution in [0.15, 0.2) is 24.5 Å². The topological polar surface area (TPSA) is 54.7 Å². The first-order valence-corrected chi connectivity index (χ1v) is 4.97. The van der Waals surface area contributed by atoms with Crippen LogP contribution in [0.1, 0.15) is 16.7 Å². The molecule has 1 unspecified atom stereocenters. The van der Waals surface area contributed by atoms with Crippen molar-refractivity contribution in [1.29, 1.82) is 0 Å². The summed E-state index contributed by atoms with van der Waals surface area (Å²) in [7, 11) is 0. The van der Waals surface area contributed by atoms with Gasteiger partial charge in [0.2, 0.25) is 0 Å². The third kappa shape index (κ3) is 1.75. The molecule has 2 heterocycles. The van der Waals surface area contributed by atoms with E-state index >= 15 is 0 Å². The Balaban J connectivity index is 2.28. The number of hydrogen-bond acceptors (Lipinski definition) is 3. The zero-order valence-corrected chi connectivity index (χ0v) is 8.27. The van der Waals surface area contributed by atoms with Crippen molar-refractivity contribution in [2.75, 3.05) is 0 Å². The van der Waals surface area contributed by atoms with Gasteiger partial charge in [0.25, 0.3) is 0 Å². The van der Waals surface area contributed by atoms with Crippen molar-refractivity contribution in [2.24, 2.45) is 5.73 Å². The Labute approximate surface area is 84.6 Å². The van der Waals surface area contributed by atoms with Crippen LogP contribution < -0.4 is 5.73 Å². The Morgan fingerprint density at radius 2 is 2.38 bits per heavy atom. The molecule has 1 atom stereocenters. The van der Waals surface area contributed by atoms with Crippen molar-refractivity contribution in [2.45, 2.75) is 6.04 Å². The summed E-state index contributed by atoms with van der Waals surface area (Å²) >= 11 is 7.27. The highest BCUT2D eigenvalue weighted by atomic mass is 35.5. The van der Waals surface area contributed by atoms with E-state index in [2.05, 4.69) is 9.97 Å². The van der Waals surface area contributed by atoms with Crippen molar-refractivity contribution in [3.8, 4) is 0 Å². The van der Waals surface area contributed by atoms with Gasteiger partial charge in [-0.25, -0.2) is 4.98 Å². The number of nitrogens with two attached hydrogens (primary N) is 1. The fraction of sp³-hybridized carbons (Fsp3) is 0.125. The first-order valence-electron chi connectivity index (χ1n) is 3.77. The van der Waals surface area contributed by atoms with Gasteiger partial charge in [-0.1, -0.05) is 11.6 Å². The number of nitrogens with zero attached hydrogens (tertiary/aromatic N) is 1. The summed E-state index contributed by atoms with van der Waals surface area (Å²) in [6.45, 7) is 0.